The van der Waals surface area contributed by atoms with E-state index in [-0.39, 0.29) is 12.6 Å². The SMILES string of the molecule is C[C@@H](Nc1cccc(CO)c1)c1cn(-c2ccccc2)nn1. The number of nitrogens with one attached hydrogen (secondary N) is 1. The number of hydrogen-bond donors (Lipinski definition) is 2. The maximum atomic E-state index is 9.19. The first-order chi connectivity index (χ1) is 10.8. The maximum Gasteiger partial charge on any atom is 0.105 e. The van der Waals surface area contributed by atoms with Gasteiger partial charge in [0.25, 0.3) is 0 Å². The third-order valence-electron chi connectivity index (χ3n) is 3.47. The van der Waals surface area contributed by atoms with Crippen molar-refractivity contribution in [3.8, 4) is 5.69 Å². The molecule has 0 radical (unpaired) electrons. The molecule has 0 aliphatic carbocycles. The van der Waals surface area contributed by atoms with E-state index in [1.165, 1.54) is 0 Å². The number of anilines is 1. The topological polar surface area (TPSA) is 63.0 Å². The molecule has 0 unspecified atom stereocenters. The summed E-state index contributed by atoms with van der Waals surface area (Å²) in [6.45, 7) is 2.07. The quantitative estimate of drug-likeness (QED) is 0.759. The zero-order valence-corrected chi connectivity index (χ0v) is 12.3. The Kier molecular flexibility index (Phi) is 4.16. The highest BCUT2D eigenvalue weighted by atomic mass is 16.3. The van der Waals surface area contributed by atoms with Crippen molar-refractivity contribution in [2.45, 2.75) is 19.6 Å². The van der Waals surface area contributed by atoms with Crippen molar-refractivity contribution in [3.63, 3.8) is 0 Å². The molecule has 1 heterocycles. The maximum absolute atomic E-state index is 9.19. The minimum absolute atomic E-state index is 0.0198. The predicted octanol–water partition coefficient (Wildman–Crippen LogP) is 2.93. The van der Waals surface area contributed by atoms with Crippen molar-refractivity contribution in [2.24, 2.45) is 0 Å². The molecular formula is C17H18N4O. The minimum atomic E-state index is 0.0198. The Bertz CT molecular complexity index is 739. The number of benzene rings is 2. The number of rotatable bonds is 5. The molecule has 5 nitrogen and oxygen atoms in total. The van der Waals surface area contributed by atoms with Crippen LogP contribution in [0, 0.1) is 0 Å². The van der Waals surface area contributed by atoms with Crippen LogP contribution in [0.25, 0.3) is 5.69 Å². The molecule has 2 N–H and O–H groups in total. The summed E-state index contributed by atoms with van der Waals surface area (Å²) in [5.41, 5.74) is 3.67. The largest absolute Gasteiger partial charge is 0.392 e. The van der Waals surface area contributed by atoms with Gasteiger partial charge in [0, 0.05) is 5.69 Å². The predicted molar refractivity (Wildman–Crippen MR) is 85.8 cm³/mol. The van der Waals surface area contributed by atoms with E-state index in [1.54, 1.807) is 4.68 Å². The first kappa shape index (κ1) is 14.3. The highest BCUT2D eigenvalue weighted by Crippen LogP contribution is 2.19. The van der Waals surface area contributed by atoms with E-state index < -0.39 is 0 Å². The Hall–Kier alpha value is -2.66. The minimum Gasteiger partial charge on any atom is -0.392 e. The molecule has 1 atom stereocenters. The first-order valence-corrected chi connectivity index (χ1v) is 7.20. The van der Waals surface area contributed by atoms with Gasteiger partial charge in [-0.15, -0.1) is 5.10 Å². The molecular weight excluding hydrogens is 276 g/mol. The van der Waals surface area contributed by atoms with Gasteiger partial charge in [0.2, 0.25) is 0 Å². The number of nitrogens with zero attached hydrogens (tertiary/aromatic N) is 3. The molecule has 0 bridgehead atoms. The standard InChI is InChI=1S/C17H18N4O/c1-13(18-15-7-5-6-14(10-15)12-22)17-11-21(20-19-17)16-8-3-2-4-9-16/h2-11,13,18,22H,12H2,1H3/t13-/m1/s1. The summed E-state index contributed by atoms with van der Waals surface area (Å²) in [6, 6.07) is 17.6. The summed E-state index contributed by atoms with van der Waals surface area (Å²) >= 11 is 0. The van der Waals surface area contributed by atoms with Gasteiger partial charge in [-0.3, -0.25) is 0 Å². The van der Waals surface area contributed by atoms with Crippen LogP contribution >= 0.6 is 0 Å². The van der Waals surface area contributed by atoms with E-state index >= 15 is 0 Å². The first-order valence-electron chi connectivity index (χ1n) is 7.20. The second-order valence-corrected chi connectivity index (χ2v) is 5.15. The number of aliphatic hydroxyl groups is 1. The molecule has 0 saturated carbocycles. The highest BCUT2D eigenvalue weighted by molar-refractivity contribution is 5.47. The summed E-state index contributed by atoms with van der Waals surface area (Å²) in [6.07, 6.45) is 1.92. The Labute approximate surface area is 129 Å². The van der Waals surface area contributed by atoms with Gasteiger partial charge in [0.05, 0.1) is 24.5 Å². The zero-order valence-electron chi connectivity index (χ0n) is 12.3. The van der Waals surface area contributed by atoms with Crippen LogP contribution in [0.4, 0.5) is 5.69 Å². The van der Waals surface area contributed by atoms with Gasteiger partial charge < -0.3 is 10.4 Å². The van der Waals surface area contributed by atoms with Crippen molar-refractivity contribution in [3.05, 3.63) is 72.1 Å². The summed E-state index contributed by atoms with van der Waals surface area (Å²) in [4.78, 5) is 0. The number of hydrogen-bond acceptors (Lipinski definition) is 4. The third kappa shape index (κ3) is 3.15. The smallest absolute Gasteiger partial charge is 0.105 e. The molecule has 0 saturated heterocycles. The molecule has 0 aliphatic heterocycles. The van der Waals surface area contributed by atoms with Crippen LogP contribution in [-0.4, -0.2) is 20.1 Å². The monoisotopic (exact) mass is 294 g/mol. The van der Waals surface area contributed by atoms with E-state index in [0.29, 0.717) is 0 Å². The molecule has 22 heavy (non-hydrogen) atoms. The van der Waals surface area contributed by atoms with Gasteiger partial charge in [-0.25, -0.2) is 4.68 Å². The lowest BCUT2D eigenvalue weighted by Gasteiger charge is -2.13. The molecule has 0 aliphatic rings. The van der Waals surface area contributed by atoms with Crippen molar-refractivity contribution in [2.75, 3.05) is 5.32 Å². The molecule has 0 spiro atoms. The summed E-state index contributed by atoms with van der Waals surface area (Å²) in [5.74, 6) is 0. The summed E-state index contributed by atoms with van der Waals surface area (Å²) < 4.78 is 1.76. The van der Waals surface area contributed by atoms with Crippen LogP contribution in [0.5, 0.6) is 0 Å². The van der Waals surface area contributed by atoms with Crippen LogP contribution in [0.15, 0.2) is 60.8 Å². The highest BCUT2D eigenvalue weighted by Gasteiger charge is 2.11. The fourth-order valence-electron chi connectivity index (χ4n) is 2.27. The fourth-order valence-corrected chi connectivity index (χ4v) is 2.27. The molecule has 3 aromatic rings. The van der Waals surface area contributed by atoms with E-state index in [9.17, 15) is 5.11 Å². The lowest BCUT2D eigenvalue weighted by molar-refractivity contribution is 0.282. The second-order valence-electron chi connectivity index (χ2n) is 5.15. The van der Waals surface area contributed by atoms with Gasteiger partial charge >= 0.3 is 0 Å². The van der Waals surface area contributed by atoms with Crippen molar-refractivity contribution >= 4 is 5.69 Å². The molecule has 3 rings (SSSR count). The average Bonchev–Trinajstić information content (AvgIpc) is 3.06. The van der Waals surface area contributed by atoms with Gasteiger partial charge in [-0.1, -0.05) is 35.5 Å². The Morgan fingerprint density at radius 1 is 1.14 bits per heavy atom. The number of aliphatic hydroxyl groups excluding tert-OH is 1. The zero-order chi connectivity index (χ0) is 15.4. The number of aromatic nitrogens is 3. The Morgan fingerprint density at radius 3 is 2.73 bits per heavy atom. The lowest BCUT2D eigenvalue weighted by Crippen LogP contribution is -2.07. The Morgan fingerprint density at radius 2 is 1.95 bits per heavy atom. The van der Waals surface area contributed by atoms with Crippen molar-refractivity contribution in [1.29, 1.82) is 0 Å². The normalized spacial score (nSPS) is 12.1. The molecule has 0 fully saturated rings. The van der Waals surface area contributed by atoms with Gasteiger partial charge in [0.1, 0.15) is 5.69 Å². The van der Waals surface area contributed by atoms with Crippen LogP contribution in [0.2, 0.25) is 0 Å². The van der Waals surface area contributed by atoms with Gasteiger partial charge in [-0.2, -0.15) is 0 Å². The molecule has 5 heteroatoms. The van der Waals surface area contributed by atoms with Gasteiger partial charge in [-0.05, 0) is 36.8 Å². The second kappa shape index (κ2) is 6.41. The van der Waals surface area contributed by atoms with Crippen LogP contribution in [0.3, 0.4) is 0 Å². The Balaban J connectivity index is 1.75. The van der Waals surface area contributed by atoms with Crippen molar-refractivity contribution in [1.82, 2.24) is 15.0 Å². The summed E-state index contributed by atoms with van der Waals surface area (Å²) in [5, 5.41) is 21.0. The molecule has 112 valence electrons. The number of para-hydroxylation sites is 1. The van der Waals surface area contributed by atoms with Crippen LogP contribution < -0.4 is 5.32 Å². The average molecular weight is 294 g/mol. The van der Waals surface area contributed by atoms with Crippen molar-refractivity contribution < 1.29 is 5.11 Å². The fraction of sp³-hybridized carbons (Fsp3) is 0.176. The lowest BCUT2D eigenvalue weighted by atomic mass is 10.2. The summed E-state index contributed by atoms with van der Waals surface area (Å²) in [7, 11) is 0. The van der Waals surface area contributed by atoms with E-state index in [1.807, 2.05) is 67.7 Å². The third-order valence-corrected chi connectivity index (χ3v) is 3.47. The van der Waals surface area contributed by atoms with E-state index in [2.05, 4.69) is 15.6 Å². The van der Waals surface area contributed by atoms with E-state index in [4.69, 9.17) is 0 Å². The van der Waals surface area contributed by atoms with Crippen LogP contribution in [0.1, 0.15) is 24.2 Å². The van der Waals surface area contributed by atoms with Crippen LogP contribution in [-0.2, 0) is 6.61 Å². The molecule has 1 aromatic heterocycles. The van der Waals surface area contributed by atoms with Gasteiger partial charge in [0.15, 0.2) is 0 Å². The van der Waals surface area contributed by atoms with E-state index in [0.717, 1.165) is 22.6 Å². The molecule has 0 amide bonds. The molecule has 2 aromatic carbocycles.